The van der Waals surface area contributed by atoms with Gasteiger partial charge in [0, 0.05) is 0 Å². The van der Waals surface area contributed by atoms with Gasteiger partial charge in [0.15, 0.2) is 11.2 Å². The average molecular weight is 198 g/mol. The minimum atomic E-state index is -0.645. The molecule has 1 atom stereocenters. The number of hydrogen-bond donors (Lipinski definition) is 0. The number of carbonyl (C=O) groups excluding carboxylic acids is 1. The van der Waals surface area contributed by atoms with Crippen LogP contribution in [0.1, 0.15) is 40.0 Å². The van der Waals surface area contributed by atoms with Crippen molar-refractivity contribution in [2.75, 3.05) is 0 Å². The maximum absolute atomic E-state index is 11.2. The Morgan fingerprint density at radius 2 is 1.79 bits per heavy atom. The zero-order valence-corrected chi connectivity index (χ0v) is 9.13. The van der Waals surface area contributed by atoms with Gasteiger partial charge in [-0.2, -0.15) is 0 Å². The van der Waals surface area contributed by atoms with Gasteiger partial charge < -0.3 is 9.47 Å². The van der Waals surface area contributed by atoms with Crippen LogP contribution in [-0.4, -0.2) is 17.4 Å². The summed E-state index contributed by atoms with van der Waals surface area (Å²) in [7, 11) is 0. The third kappa shape index (κ3) is 1.22. The van der Waals surface area contributed by atoms with E-state index in [1.54, 1.807) is 6.08 Å². The fourth-order valence-corrected chi connectivity index (χ4v) is 2.27. The minimum Gasteiger partial charge on any atom is -0.423 e. The summed E-state index contributed by atoms with van der Waals surface area (Å²) in [6.45, 7) is 9.73. The molecule has 0 N–H and O–H groups in total. The van der Waals surface area contributed by atoms with Gasteiger partial charge in [-0.05, 0) is 25.3 Å². The van der Waals surface area contributed by atoms with Gasteiger partial charge >= 0.3 is 6.16 Å². The van der Waals surface area contributed by atoms with E-state index in [0.717, 1.165) is 12.8 Å². The summed E-state index contributed by atoms with van der Waals surface area (Å²) in [5.74, 6) is 0. The van der Waals surface area contributed by atoms with Crippen LogP contribution in [0.15, 0.2) is 12.7 Å². The lowest BCUT2D eigenvalue weighted by Gasteiger charge is -2.37. The molecule has 3 heteroatoms. The summed E-state index contributed by atoms with van der Waals surface area (Å²) in [5, 5.41) is 0. The van der Waals surface area contributed by atoms with E-state index in [1.165, 1.54) is 0 Å². The molecule has 14 heavy (non-hydrogen) atoms. The molecule has 0 aromatic carbocycles. The predicted octanol–water partition coefficient (Wildman–Crippen LogP) is 3.05. The third-order valence-corrected chi connectivity index (χ3v) is 3.31. The zero-order chi connectivity index (χ0) is 10.8. The van der Waals surface area contributed by atoms with Crippen molar-refractivity contribution in [1.82, 2.24) is 0 Å². The molecule has 3 nitrogen and oxygen atoms in total. The Kier molecular flexibility index (Phi) is 2.88. The van der Waals surface area contributed by atoms with Crippen molar-refractivity contribution in [3.63, 3.8) is 0 Å². The summed E-state index contributed by atoms with van der Waals surface area (Å²) >= 11 is 0. The van der Waals surface area contributed by atoms with E-state index in [1.807, 2.05) is 20.8 Å². The van der Waals surface area contributed by atoms with Crippen molar-refractivity contribution in [1.29, 1.82) is 0 Å². The van der Waals surface area contributed by atoms with Gasteiger partial charge in [-0.25, -0.2) is 4.79 Å². The highest BCUT2D eigenvalue weighted by Gasteiger charge is 2.58. The fourth-order valence-electron chi connectivity index (χ4n) is 2.27. The van der Waals surface area contributed by atoms with Crippen LogP contribution >= 0.6 is 0 Å². The molecule has 0 amide bonds. The Morgan fingerprint density at radius 1 is 1.21 bits per heavy atom. The first-order chi connectivity index (χ1) is 6.59. The van der Waals surface area contributed by atoms with Crippen LogP contribution in [0.4, 0.5) is 4.79 Å². The second kappa shape index (κ2) is 3.64. The summed E-state index contributed by atoms with van der Waals surface area (Å²) in [5.41, 5.74) is -1.17. The Bertz CT molecular complexity index is 243. The van der Waals surface area contributed by atoms with Crippen LogP contribution in [0.2, 0.25) is 0 Å². The summed E-state index contributed by atoms with van der Waals surface area (Å²) < 4.78 is 10.6. The van der Waals surface area contributed by atoms with Crippen molar-refractivity contribution in [2.24, 2.45) is 0 Å². The SMILES string of the molecule is C=CC1(CC)OC(=O)OC1(CC)CC. The normalized spacial score (nSPS) is 29.5. The molecule has 0 radical (unpaired) electrons. The molecule has 1 heterocycles. The first kappa shape index (κ1) is 11.1. The highest BCUT2D eigenvalue weighted by atomic mass is 16.8. The molecule has 1 unspecified atom stereocenters. The van der Waals surface area contributed by atoms with Crippen molar-refractivity contribution in [2.45, 2.75) is 51.2 Å². The number of hydrogen-bond acceptors (Lipinski definition) is 3. The predicted molar refractivity (Wildman–Crippen MR) is 54.1 cm³/mol. The van der Waals surface area contributed by atoms with Crippen LogP contribution in [0.5, 0.6) is 0 Å². The lowest BCUT2D eigenvalue weighted by molar-refractivity contribution is -0.0247. The maximum Gasteiger partial charge on any atom is 0.510 e. The topological polar surface area (TPSA) is 35.5 Å². The van der Waals surface area contributed by atoms with Crippen molar-refractivity contribution in [3.8, 4) is 0 Å². The maximum atomic E-state index is 11.2. The quantitative estimate of drug-likeness (QED) is 0.514. The van der Waals surface area contributed by atoms with Gasteiger partial charge in [-0.15, -0.1) is 0 Å². The molecular weight excluding hydrogens is 180 g/mol. The second-order valence-corrected chi connectivity index (χ2v) is 3.60. The van der Waals surface area contributed by atoms with Crippen molar-refractivity contribution in [3.05, 3.63) is 12.7 Å². The minimum absolute atomic E-state index is 0.527. The van der Waals surface area contributed by atoms with E-state index in [2.05, 4.69) is 6.58 Å². The molecule has 0 saturated carbocycles. The molecular formula is C11H18O3. The van der Waals surface area contributed by atoms with Crippen LogP contribution in [0, 0.1) is 0 Å². The van der Waals surface area contributed by atoms with E-state index in [9.17, 15) is 4.79 Å². The fraction of sp³-hybridized carbons (Fsp3) is 0.727. The Morgan fingerprint density at radius 3 is 2.07 bits per heavy atom. The van der Waals surface area contributed by atoms with E-state index in [4.69, 9.17) is 9.47 Å². The van der Waals surface area contributed by atoms with Gasteiger partial charge in [0.1, 0.15) is 0 Å². The van der Waals surface area contributed by atoms with Gasteiger partial charge in [0.05, 0.1) is 0 Å². The smallest absolute Gasteiger partial charge is 0.423 e. The molecule has 80 valence electrons. The van der Waals surface area contributed by atoms with E-state index in [-0.39, 0.29) is 0 Å². The molecule has 0 bridgehead atoms. The lowest BCUT2D eigenvalue weighted by Crippen LogP contribution is -2.49. The largest absolute Gasteiger partial charge is 0.510 e. The second-order valence-electron chi connectivity index (χ2n) is 3.60. The van der Waals surface area contributed by atoms with Crippen LogP contribution in [0.3, 0.4) is 0 Å². The Labute approximate surface area is 85.1 Å². The molecule has 0 spiro atoms. The molecule has 1 aliphatic rings. The van der Waals surface area contributed by atoms with E-state index in [0.29, 0.717) is 6.42 Å². The standard InChI is InChI=1S/C11H18O3/c1-5-10(6-2)11(7-3,8-4)14-9(12)13-10/h5H,1,6-8H2,2-4H3. The van der Waals surface area contributed by atoms with Crippen molar-refractivity contribution >= 4 is 6.16 Å². The molecule has 0 aromatic rings. The highest BCUT2D eigenvalue weighted by molar-refractivity contribution is 5.65. The van der Waals surface area contributed by atoms with Gasteiger partial charge in [0.2, 0.25) is 0 Å². The molecule has 1 fully saturated rings. The summed E-state index contributed by atoms with van der Waals surface area (Å²) in [6.07, 6.45) is 3.31. The molecule has 1 saturated heterocycles. The first-order valence-electron chi connectivity index (χ1n) is 5.15. The summed E-state index contributed by atoms with van der Waals surface area (Å²) in [6, 6.07) is 0. The van der Waals surface area contributed by atoms with Crippen molar-refractivity contribution < 1.29 is 14.3 Å². The molecule has 0 aliphatic carbocycles. The monoisotopic (exact) mass is 198 g/mol. The average Bonchev–Trinajstić information content (AvgIpc) is 2.51. The van der Waals surface area contributed by atoms with E-state index >= 15 is 0 Å². The number of cyclic esters (lactones) is 2. The van der Waals surface area contributed by atoms with Crippen LogP contribution in [0.25, 0.3) is 0 Å². The number of ether oxygens (including phenoxy) is 2. The van der Waals surface area contributed by atoms with Crippen LogP contribution < -0.4 is 0 Å². The van der Waals surface area contributed by atoms with Crippen LogP contribution in [-0.2, 0) is 9.47 Å². The molecule has 1 aliphatic heterocycles. The third-order valence-electron chi connectivity index (χ3n) is 3.31. The first-order valence-corrected chi connectivity index (χ1v) is 5.15. The van der Waals surface area contributed by atoms with Gasteiger partial charge in [0.25, 0.3) is 0 Å². The molecule has 1 rings (SSSR count). The highest BCUT2D eigenvalue weighted by Crippen LogP contribution is 2.44. The Hall–Kier alpha value is -0.990. The molecule has 0 aromatic heterocycles. The number of rotatable bonds is 4. The number of carbonyl (C=O) groups is 1. The lowest BCUT2D eigenvalue weighted by atomic mass is 9.77. The zero-order valence-electron chi connectivity index (χ0n) is 9.13. The van der Waals surface area contributed by atoms with Gasteiger partial charge in [-0.1, -0.05) is 27.4 Å². The Balaban J connectivity index is 3.13. The van der Waals surface area contributed by atoms with E-state index < -0.39 is 17.4 Å². The van der Waals surface area contributed by atoms with Gasteiger partial charge in [-0.3, -0.25) is 0 Å². The summed E-state index contributed by atoms with van der Waals surface area (Å²) in [4.78, 5) is 11.2.